The number of carbonyl (C=O) groups is 1. The summed E-state index contributed by atoms with van der Waals surface area (Å²) in [4.78, 5) is 14.2. The molecule has 0 spiro atoms. The largest absolute Gasteiger partial charge is 0.342 e. The molecule has 22 heavy (non-hydrogen) atoms. The normalized spacial score (nSPS) is 22.0. The van der Waals surface area contributed by atoms with Crippen molar-refractivity contribution in [3.05, 3.63) is 48.3 Å². The lowest BCUT2D eigenvalue weighted by Gasteiger charge is -2.40. The van der Waals surface area contributed by atoms with Gasteiger partial charge in [-0.2, -0.15) is 0 Å². The molecule has 0 bridgehead atoms. The minimum absolute atomic E-state index is 0.0580. The second-order valence-corrected chi connectivity index (χ2v) is 6.26. The molecule has 0 radical (unpaired) electrons. The van der Waals surface area contributed by atoms with Gasteiger partial charge in [0.1, 0.15) is 0 Å². The molecule has 1 unspecified atom stereocenters. The van der Waals surface area contributed by atoms with Crippen molar-refractivity contribution >= 4 is 5.91 Å². The lowest BCUT2D eigenvalue weighted by Crippen LogP contribution is -2.47. The van der Waals surface area contributed by atoms with Crippen LogP contribution in [0.3, 0.4) is 0 Å². The number of likely N-dealkylation sites (tertiary alicyclic amines) is 1. The summed E-state index contributed by atoms with van der Waals surface area (Å²) in [5.41, 5.74) is 1.38. The highest BCUT2D eigenvalue weighted by Crippen LogP contribution is 2.34. The van der Waals surface area contributed by atoms with Gasteiger partial charge in [0.05, 0.1) is 6.20 Å². The van der Waals surface area contributed by atoms with Crippen molar-refractivity contribution in [2.75, 3.05) is 13.1 Å². The molecule has 1 aromatic heterocycles. The lowest BCUT2D eigenvalue weighted by atomic mass is 9.75. The number of hydrogen-bond donors (Lipinski definition) is 0. The molecule has 1 amide bonds. The number of nitrogens with zero attached hydrogens (tertiary/aromatic N) is 4. The van der Waals surface area contributed by atoms with Gasteiger partial charge in [-0.05, 0) is 18.4 Å². The van der Waals surface area contributed by atoms with Crippen LogP contribution in [0, 0.1) is 0 Å². The average Bonchev–Trinajstić information content (AvgIpc) is 3.05. The fourth-order valence-corrected chi connectivity index (χ4v) is 3.18. The van der Waals surface area contributed by atoms with Crippen molar-refractivity contribution in [3.63, 3.8) is 0 Å². The summed E-state index contributed by atoms with van der Waals surface area (Å²) in [7, 11) is 0. The molecule has 116 valence electrons. The van der Waals surface area contributed by atoms with Crippen molar-refractivity contribution in [1.29, 1.82) is 0 Å². The van der Waals surface area contributed by atoms with Crippen molar-refractivity contribution in [1.82, 2.24) is 19.9 Å². The number of carbonyl (C=O) groups excluding carboxylic acids is 1. The highest BCUT2D eigenvalue weighted by molar-refractivity contribution is 5.77. The molecule has 5 heteroatoms. The van der Waals surface area contributed by atoms with E-state index in [1.54, 1.807) is 6.20 Å². The van der Waals surface area contributed by atoms with Crippen LogP contribution in [0.15, 0.2) is 42.7 Å². The Morgan fingerprint density at radius 2 is 2.05 bits per heavy atom. The number of rotatable bonds is 5. The quantitative estimate of drug-likeness (QED) is 0.850. The summed E-state index contributed by atoms with van der Waals surface area (Å²) in [6, 6.07) is 10.5. The Bertz CT molecular complexity index is 611. The molecule has 0 N–H and O–H groups in total. The molecule has 3 rings (SSSR count). The summed E-state index contributed by atoms with van der Waals surface area (Å²) < 4.78 is 1.81. The van der Waals surface area contributed by atoms with E-state index in [1.807, 2.05) is 21.8 Å². The molecule has 1 aliphatic heterocycles. The van der Waals surface area contributed by atoms with Crippen LogP contribution in [0.4, 0.5) is 0 Å². The zero-order valence-electron chi connectivity index (χ0n) is 13.0. The number of amides is 1. The minimum Gasteiger partial charge on any atom is -0.342 e. The van der Waals surface area contributed by atoms with E-state index in [2.05, 4.69) is 41.5 Å². The fourth-order valence-electron chi connectivity index (χ4n) is 3.18. The van der Waals surface area contributed by atoms with Gasteiger partial charge >= 0.3 is 0 Å². The van der Waals surface area contributed by atoms with Crippen LogP contribution in [0.25, 0.3) is 0 Å². The Labute approximate surface area is 130 Å². The molecule has 1 aliphatic rings. The molecule has 1 saturated heterocycles. The first-order valence-corrected chi connectivity index (χ1v) is 7.85. The molecule has 0 saturated carbocycles. The average molecular weight is 298 g/mol. The van der Waals surface area contributed by atoms with Gasteiger partial charge in [-0.3, -0.25) is 9.48 Å². The molecular weight excluding hydrogens is 276 g/mol. The first-order chi connectivity index (χ1) is 10.7. The van der Waals surface area contributed by atoms with E-state index in [9.17, 15) is 4.79 Å². The first kappa shape index (κ1) is 14.8. The van der Waals surface area contributed by atoms with Crippen LogP contribution in [0.2, 0.25) is 0 Å². The minimum atomic E-state index is 0.0580. The number of aryl methyl sites for hydroxylation is 1. The van der Waals surface area contributed by atoms with Crippen LogP contribution >= 0.6 is 0 Å². The van der Waals surface area contributed by atoms with Crippen molar-refractivity contribution in [2.45, 2.75) is 38.1 Å². The Morgan fingerprint density at radius 3 is 2.77 bits per heavy atom. The number of hydrogen-bond acceptors (Lipinski definition) is 3. The molecule has 2 aromatic rings. The van der Waals surface area contributed by atoms with Gasteiger partial charge in [0.15, 0.2) is 0 Å². The van der Waals surface area contributed by atoms with E-state index < -0.39 is 0 Å². The summed E-state index contributed by atoms with van der Waals surface area (Å²) in [5, 5.41) is 7.76. The van der Waals surface area contributed by atoms with Crippen LogP contribution < -0.4 is 0 Å². The van der Waals surface area contributed by atoms with E-state index in [4.69, 9.17) is 0 Å². The Hall–Kier alpha value is -2.17. The summed E-state index contributed by atoms with van der Waals surface area (Å²) in [6.07, 6.45) is 5.99. The topological polar surface area (TPSA) is 51.0 Å². The van der Waals surface area contributed by atoms with Gasteiger partial charge in [-0.15, -0.1) is 5.10 Å². The highest BCUT2D eigenvalue weighted by atomic mass is 16.2. The van der Waals surface area contributed by atoms with Crippen LogP contribution in [0.5, 0.6) is 0 Å². The highest BCUT2D eigenvalue weighted by Gasteiger charge is 2.35. The van der Waals surface area contributed by atoms with Crippen LogP contribution in [0.1, 0.15) is 31.7 Å². The summed E-state index contributed by atoms with van der Waals surface area (Å²) >= 11 is 0. The number of piperidine rings is 1. The third-order valence-electron chi connectivity index (χ3n) is 4.54. The van der Waals surface area contributed by atoms with Crippen molar-refractivity contribution < 1.29 is 4.79 Å². The van der Waals surface area contributed by atoms with E-state index in [-0.39, 0.29) is 11.3 Å². The van der Waals surface area contributed by atoms with E-state index in [1.165, 1.54) is 5.56 Å². The second kappa shape index (κ2) is 6.30. The molecule has 1 fully saturated rings. The van der Waals surface area contributed by atoms with Gasteiger partial charge in [0.25, 0.3) is 0 Å². The zero-order chi connectivity index (χ0) is 15.4. The van der Waals surface area contributed by atoms with Gasteiger partial charge < -0.3 is 4.90 Å². The third kappa shape index (κ3) is 3.18. The van der Waals surface area contributed by atoms with E-state index in [0.717, 1.165) is 32.5 Å². The van der Waals surface area contributed by atoms with Crippen LogP contribution in [-0.4, -0.2) is 38.9 Å². The van der Waals surface area contributed by atoms with Gasteiger partial charge in [-0.1, -0.05) is 42.5 Å². The maximum atomic E-state index is 12.2. The molecule has 1 aromatic carbocycles. The maximum absolute atomic E-state index is 12.2. The van der Waals surface area contributed by atoms with Crippen LogP contribution in [-0.2, 0) is 16.8 Å². The summed E-state index contributed by atoms with van der Waals surface area (Å²) in [5.74, 6) is 0.270. The lowest BCUT2D eigenvalue weighted by molar-refractivity contribution is -0.135. The monoisotopic (exact) mass is 298 g/mol. The predicted octanol–water partition coefficient (Wildman–Crippen LogP) is 2.25. The standard InChI is InChI=1S/C17H22N4O/c1-17(15-6-3-2-4-7-15)9-8-16(22)20(14-17)11-5-12-21-13-10-18-19-21/h2-4,6-7,10,13H,5,8-9,11-12,14H2,1H3. The molecule has 5 nitrogen and oxygen atoms in total. The fraction of sp³-hybridized carbons (Fsp3) is 0.471. The Morgan fingerprint density at radius 1 is 1.23 bits per heavy atom. The predicted molar refractivity (Wildman–Crippen MR) is 84.2 cm³/mol. The smallest absolute Gasteiger partial charge is 0.222 e. The number of aromatic nitrogens is 3. The van der Waals surface area contributed by atoms with Gasteiger partial charge in [0.2, 0.25) is 5.91 Å². The first-order valence-electron chi connectivity index (χ1n) is 7.85. The maximum Gasteiger partial charge on any atom is 0.222 e. The third-order valence-corrected chi connectivity index (χ3v) is 4.54. The summed E-state index contributed by atoms with van der Waals surface area (Å²) in [6.45, 7) is 4.64. The Balaban J connectivity index is 1.62. The Kier molecular flexibility index (Phi) is 4.22. The molecule has 0 aliphatic carbocycles. The molecular formula is C17H22N4O. The molecule has 2 heterocycles. The van der Waals surface area contributed by atoms with Crippen molar-refractivity contribution in [3.8, 4) is 0 Å². The second-order valence-electron chi connectivity index (χ2n) is 6.26. The van der Waals surface area contributed by atoms with E-state index >= 15 is 0 Å². The van der Waals surface area contributed by atoms with Gasteiger partial charge in [0, 0.05) is 37.7 Å². The number of benzene rings is 1. The van der Waals surface area contributed by atoms with Crippen molar-refractivity contribution in [2.24, 2.45) is 0 Å². The molecule has 1 atom stereocenters. The SMILES string of the molecule is CC1(c2ccccc2)CCC(=O)N(CCCn2ccnn2)C1. The van der Waals surface area contributed by atoms with Gasteiger partial charge in [-0.25, -0.2) is 0 Å². The zero-order valence-corrected chi connectivity index (χ0v) is 13.0. The van der Waals surface area contributed by atoms with E-state index in [0.29, 0.717) is 6.42 Å².